The summed E-state index contributed by atoms with van der Waals surface area (Å²) in [5.41, 5.74) is 1.58. The zero-order valence-corrected chi connectivity index (χ0v) is 15.3. The molecule has 142 valence electrons. The fourth-order valence-electron chi connectivity index (χ4n) is 2.97. The van der Waals surface area contributed by atoms with Gasteiger partial charge in [0.15, 0.2) is 6.10 Å². The highest BCUT2D eigenvalue weighted by Gasteiger charge is 2.27. The van der Waals surface area contributed by atoms with E-state index in [1.54, 1.807) is 47.4 Å². The van der Waals surface area contributed by atoms with Crippen LogP contribution in [0.25, 0.3) is 0 Å². The van der Waals surface area contributed by atoms with Gasteiger partial charge in [0.05, 0.1) is 22.9 Å². The van der Waals surface area contributed by atoms with Crippen LogP contribution in [0.1, 0.15) is 35.7 Å². The number of nitrogens with one attached hydrogen (secondary N) is 1. The molecule has 0 saturated carbocycles. The molecule has 3 rings (SSSR count). The van der Waals surface area contributed by atoms with Gasteiger partial charge < -0.3 is 15.0 Å². The van der Waals surface area contributed by atoms with Crippen LogP contribution in [0.15, 0.2) is 48.5 Å². The van der Waals surface area contributed by atoms with Crippen molar-refractivity contribution in [1.29, 1.82) is 5.26 Å². The number of carbonyl (C=O) groups is 3. The minimum atomic E-state index is -1.06. The summed E-state index contributed by atoms with van der Waals surface area (Å²) in [6, 6.07) is 15.1. The van der Waals surface area contributed by atoms with E-state index in [2.05, 4.69) is 5.32 Å². The molecule has 1 N–H and O–H groups in total. The molecule has 1 atom stereocenters. The van der Waals surface area contributed by atoms with Crippen molar-refractivity contribution in [2.45, 2.75) is 25.9 Å². The van der Waals surface area contributed by atoms with Crippen LogP contribution in [-0.4, -0.2) is 30.4 Å². The van der Waals surface area contributed by atoms with Gasteiger partial charge in [-0.05, 0) is 43.7 Å². The number of hydrogen-bond acceptors (Lipinski definition) is 5. The van der Waals surface area contributed by atoms with E-state index >= 15 is 0 Å². The molecule has 28 heavy (non-hydrogen) atoms. The predicted octanol–water partition coefficient (Wildman–Crippen LogP) is 2.87. The quantitative estimate of drug-likeness (QED) is 0.808. The summed E-state index contributed by atoms with van der Waals surface area (Å²) in [4.78, 5) is 38.5. The van der Waals surface area contributed by atoms with E-state index in [1.807, 2.05) is 6.07 Å². The third-order valence-electron chi connectivity index (χ3n) is 4.40. The molecule has 1 fully saturated rings. The van der Waals surface area contributed by atoms with Crippen molar-refractivity contribution in [3.63, 3.8) is 0 Å². The Kier molecular flexibility index (Phi) is 5.70. The Labute approximate surface area is 162 Å². The summed E-state index contributed by atoms with van der Waals surface area (Å²) in [6.07, 6.45) is 0.132. The molecule has 0 unspecified atom stereocenters. The van der Waals surface area contributed by atoms with Crippen molar-refractivity contribution in [2.75, 3.05) is 16.8 Å². The van der Waals surface area contributed by atoms with Crippen LogP contribution in [0, 0.1) is 11.3 Å². The molecular formula is C21H19N3O4. The van der Waals surface area contributed by atoms with Crippen molar-refractivity contribution in [3.05, 3.63) is 59.7 Å². The number of anilines is 2. The summed E-state index contributed by atoms with van der Waals surface area (Å²) in [5, 5.41) is 11.5. The van der Waals surface area contributed by atoms with Gasteiger partial charge in [-0.25, -0.2) is 4.79 Å². The van der Waals surface area contributed by atoms with Gasteiger partial charge in [0.2, 0.25) is 5.91 Å². The van der Waals surface area contributed by atoms with Crippen LogP contribution in [0.2, 0.25) is 0 Å². The number of ether oxygens (including phenoxy) is 1. The van der Waals surface area contributed by atoms with E-state index in [0.29, 0.717) is 29.9 Å². The molecule has 1 aliphatic rings. The highest BCUT2D eigenvalue weighted by atomic mass is 16.5. The molecule has 0 aliphatic carbocycles. The second-order valence-corrected chi connectivity index (χ2v) is 6.40. The number of para-hydroxylation sites is 1. The number of carbonyl (C=O) groups excluding carboxylic acids is 3. The zero-order valence-electron chi connectivity index (χ0n) is 15.3. The number of amides is 2. The van der Waals surface area contributed by atoms with Gasteiger partial charge in [-0.2, -0.15) is 5.26 Å². The van der Waals surface area contributed by atoms with E-state index in [0.717, 1.165) is 6.42 Å². The average molecular weight is 377 g/mol. The van der Waals surface area contributed by atoms with Gasteiger partial charge in [0.1, 0.15) is 0 Å². The number of nitriles is 1. The highest BCUT2D eigenvalue weighted by Crippen LogP contribution is 2.26. The number of benzene rings is 2. The molecule has 7 heteroatoms. The Morgan fingerprint density at radius 1 is 1.21 bits per heavy atom. The molecule has 1 aliphatic heterocycles. The lowest BCUT2D eigenvalue weighted by atomic mass is 10.1. The molecule has 0 spiro atoms. The SMILES string of the molecule is C[C@H](OC(=O)c1ccccc1N1CCCC1=O)C(=O)Nc1cccc(C#N)c1. The summed E-state index contributed by atoms with van der Waals surface area (Å²) in [5.74, 6) is -1.23. The van der Waals surface area contributed by atoms with Crippen LogP contribution in [0.4, 0.5) is 11.4 Å². The Bertz CT molecular complexity index is 964. The Morgan fingerprint density at radius 3 is 2.71 bits per heavy atom. The van der Waals surface area contributed by atoms with E-state index in [9.17, 15) is 14.4 Å². The van der Waals surface area contributed by atoms with Gasteiger partial charge >= 0.3 is 5.97 Å². The number of esters is 1. The van der Waals surface area contributed by atoms with Crippen molar-refractivity contribution in [3.8, 4) is 6.07 Å². The first kappa shape index (κ1) is 19.1. The largest absolute Gasteiger partial charge is 0.449 e. The normalized spacial score (nSPS) is 14.3. The second-order valence-electron chi connectivity index (χ2n) is 6.40. The smallest absolute Gasteiger partial charge is 0.341 e. The molecular weight excluding hydrogens is 358 g/mol. The molecule has 2 aromatic carbocycles. The first-order chi connectivity index (χ1) is 13.5. The van der Waals surface area contributed by atoms with Crippen LogP contribution in [-0.2, 0) is 14.3 Å². The van der Waals surface area contributed by atoms with Crippen LogP contribution >= 0.6 is 0 Å². The van der Waals surface area contributed by atoms with Crippen molar-refractivity contribution in [1.82, 2.24) is 0 Å². The first-order valence-electron chi connectivity index (χ1n) is 8.91. The highest BCUT2D eigenvalue weighted by molar-refractivity contribution is 6.04. The van der Waals surface area contributed by atoms with Crippen LogP contribution < -0.4 is 10.2 Å². The first-order valence-corrected chi connectivity index (χ1v) is 8.91. The van der Waals surface area contributed by atoms with E-state index in [-0.39, 0.29) is 11.5 Å². The minimum Gasteiger partial charge on any atom is -0.449 e. The molecule has 2 aromatic rings. The van der Waals surface area contributed by atoms with Crippen LogP contribution in [0.5, 0.6) is 0 Å². The zero-order chi connectivity index (χ0) is 20.1. The fraction of sp³-hybridized carbons (Fsp3) is 0.238. The lowest BCUT2D eigenvalue weighted by Gasteiger charge is -2.20. The van der Waals surface area contributed by atoms with Gasteiger partial charge in [-0.1, -0.05) is 18.2 Å². The van der Waals surface area contributed by atoms with E-state index < -0.39 is 18.0 Å². The third-order valence-corrected chi connectivity index (χ3v) is 4.40. The minimum absolute atomic E-state index is 0.0385. The maximum Gasteiger partial charge on any atom is 0.341 e. The van der Waals surface area contributed by atoms with Gasteiger partial charge in [-0.15, -0.1) is 0 Å². The third kappa shape index (κ3) is 4.18. The van der Waals surface area contributed by atoms with Gasteiger partial charge in [0.25, 0.3) is 5.91 Å². The number of rotatable bonds is 5. The molecule has 2 amide bonds. The van der Waals surface area contributed by atoms with Gasteiger partial charge in [0, 0.05) is 18.7 Å². The standard InChI is InChI=1S/C21H19N3O4/c1-14(20(26)23-16-7-4-6-15(12-16)13-22)28-21(27)17-8-2-3-9-18(17)24-11-5-10-19(24)25/h2-4,6-9,12,14H,5,10-11H2,1H3,(H,23,26)/t14-/m0/s1. The lowest BCUT2D eigenvalue weighted by molar-refractivity contribution is -0.123. The topological polar surface area (TPSA) is 99.5 Å². The fourth-order valence-corrected chi connectivity index (χ4v) is 2.97. The lowest BCUT2D eigenvalue weighted by Crippen LogP contribution is -2.31. The van der Waals surface area contributed by atoms with E-state index in [1.165, 1.54) is 13.0 Å². The monoisotopic (exact) mass is 377 g/mol. The van der Waals surface area contributed by atoms with Crippen molar-refractivity contribution < 1.29 is 19.1 Å². The molecule has 1 heterocycles. The molecule has 1 saturated heterocycles. The second kappa shape index (κ2) is 8.35. The molecule has 0 radical (unpaired) electrons. The van der Waals surface area contributed by atoms with Crippen molar-refractivity contribution >= 4 is 29.2 Å². The maximum atomic E-state index is 12.6. The molecule has 7 nitrogen and oxygen atoms in total. The Balaban J connectivity index is 1.70. The molecule has 0 aromatic heterocycles. The van der Waals surface area contributed by atoms with Crippen LogP contribution in [0.3, 0.4) is 0 Å². The predicted molar refractivity (Wildman–Crippen MR) is 103 cm³/mol. The molecule has 0 bridgehead atoms. The number of nitrogens with zero attached hydrogens (tertiary/aromatic N) is 2. The average Bonchev–Trinajstić information content (AvgIpc) is 3.13. The summed E-state index contributed by atoms with van der Waals surface area (Å²) < 4.78 is 5.31. The van der Waals surface area contributed by atoms with Gasteiger partial charge in [-0.3, -0.25) is 9.59 Å². The Morgan fingerprint density at radius 2 is 2.00 bits per heavy atom. The summed E-state index contributed by atoms with van der Waals surface area (Å²) in [6.45, 7) is 2.01. The van der Waals surface area contributed by atoms with E-state index in [4.69, 9.17) is 10.00 Å². The summed E-state index contributed by atoms with van der Waals surface area (Å²) >= 11 is 0. The Hall–Kier alpha value is -3.66. The number of hydrogen-bond donors (Lipinski definition) is 1. The maximum absolute atomic E-state index is 12.6. The summed E-state index contributed by atoms with van der Waals surface area (Å²) in [7, 11) is 0. The van der Waals surface area contributed by atoms with Crippen molar-refractivity contribution in [2.24, 2.45) is 0 Å².